The van der Waals surface area contributed by atoms with E-state index in [-0.39, 0.29) is 30.0 Å². The summed E-state index contributed by atoms with van der Waals surface area (Å²) in [7, 11) is 1.63. The number of imide groups is 1. The van der Waals surface area contributed by atoms with Crippen molar-refractivity contribution in [3.8, 4) is 16.9 Å². The maximum Gasteiger partial charge on any atom is 0.340 e. The van der Waals surface area contributed by atoms with Gasteiger partial charge in [-0.1, -0.05) is 11.2 Å². The van der Waals surface area contributed by atoms with Gasteiger partial charge in [-0.25, -0.2) is 29.6 Å². The first kappa shape index (κ1) is 45.4. The minimum Gasteiger partial charge on any atom is -0.496 e. The molecule has 0 radical (unpaired) electrons. The van der Waals surface area contributed by atoms with E-state index in [9.17, 15) is 19.2 Å². The number of rotatable bonds is 22. The number of aromatic amines is 1. The Morgan fingerprint density at radius 1 is 0.955 bits per heavy atom. The van der Waals surface area contributed by atoms with E-state index in [1.165, 1.54) is 0 Å². The van der Waals surface area contributed by atoms with Crippen LogP contribution >= 0.6 is 0 Å². The molecular weight excluding hydrogens is 863 g/mol. The molecule has 1 saturated heterocycles. The molecule has 2 aromatic carbocycles. The number of quaternary nitrogens is 1. The van der Waals surface area contributed by atoms with E-state index in [2.05, 4.69) is 32.2 Å². The number of aryl methyl sites for hydroxylation is 3. The van der Waals surface area contributed by atoms with Crippen molar-refractivity contribution < 1.29 is 48.0 Å². The summed E-state index contributed by atoms with van der Waals surface area (Å²) in [6.07, 6.45) is 3.43. The fourth-order valence-electron chi connectivity index (χ4n) is 8.81. The number of H-pyrrole nitrogens is 1. The monoisotopic (exact) mass is 918 g/mol. The summed E-state index contributed by atoms with van der Waals surface area (Å²) in [6, 6.07) is 10.9. The molecule has 1 atom stereocenters. The zero-order valence-electron chi connectivity index (χ0n) is 38.2. The van der Waals surface area contributed by atoms with E-state index >= 15 is 0 Å². The van der Waals surface area contributed by atoms with Gasteiger partial charge in [0.1, 0.15) is 34.8 Å². The van der Waals surface area contributed by atoms with Crippen LogP contribution < -0.4 is 26.0 Å². The third kappa shape index (κ3) is 9.74. The summed E-state index contributed by atoms with van der Waals surface area (Å²) < 4.78 is 30.4. The second-order valence-corrected chi connectivity index (χ2v) is 16.9. The largest absolute Gasteiger partial charge is 0.496 e. The van der Waals surface area contributed by atoms with Crippen LogP contribution in [-0.2, 0) is 36.9 Å². The van der Waals surface area contributed by atoms with Crippen molar-refractivity contribution in [2.45, 2.75) is 77.9 Å². The highest BCUT2D eigenvalue weighted by Gasteiger charge is 2.42. The number of hydrogen-bond acceptors (Lipinski definition) is 15. The van der Waals surface area contributed by atoms with Gasteiger partial charge in [0.2, 0.25) is 5.82 Å². The van der Waals surface area contributed by atoms with Gasteiger partial charge >= 0.3 is 11.8 Å². The number of ether oxygens (including phenoxy) is 4. The highest BCUT2D eigenvalue weighted by molar-refractivity contribution is 6.14. The molecule has 1 aliphatic carbocycles. The second-order valence-electron chi connectivity index (χ2n) is 16.9. The van der Waals surface area contributed by atoms with Gasteiger partial charge in [-0.15, -0.1) is 0 Å². The van der Waals surface area contributed by atoms with Crippen LogP contribution in [0.25, 0.3) is 33.1 Å². The fraction of sp³-hybridized carbons (Fsp3) is 0.447. The number of nitrogens with zero attached hydrogens (tertiary/aromatic N) is 6. The van der Waals surface area contributed by atoms with E-state index in [0.29, 0.717) is 119 Å². The topological polar surface area (TPSA) is 247 Å². The predicted octanol–water partition coefficient (Wildman–Crippen LogP) is 4.25. The number of hydrogen-bond donors (Lipinski definition) is 5. The molecule has 0 bridgehead atoms. The average Bonchev–Trinajstić information content (AvgIpc) is 3.69. The molecule has 3 aliphatic rings. The highest BCUT2D eigenvalue weighted by atomic mass is 16.5. The van der Waals surface area contributed by atoms with E-state index in [1.807, 2.05) is 49.7 Å². The maximum absolute atomic E-state index is 13.6. The molecule has 1 saturated carbocycles. The Balaban J connectivity index is 0.729. The highest BCUT2D eigenvalue weighted by Crippen LogP contribution is 2.43. The second kappa shape index (κ2) is 20.0. The molecule has 20 nitrogen and oxygen atoms in total. The summed E-state index contributed by atoms with van der Waals surface area (Å²) in [4.78, 5) is 65.3. The molecule has 6 heterocycles. The number of piperidine rings is 1. The van der Waals surface area contributed by atoms with Crippen molar-refractivity contribution in [2.75, 3.05) is 70.5 Å². The molecule has 67 heavy (non-hydrogen) atoms. The lowest BCUT2D eigenvalue weighted by atomic mass is 10.0. The number of primary amides is 2. The SMILES string of the molecule is CCn1nc(C2CC2)cc1Nc1nc(C(=O)NCCCOCCOCCOCCNc2cccc3c2CN(C2CCC(=O)[NH2+]C2=O)C3=O)nc2[nH]c3cc(-c4c(C)noc4C)c(OC)cc3c12. The Bertz CT molecular complexity index is 2810. The molecular formula is C47H56N11O9+. The number of anilines is 3. The molecule has 6 N–H and O–H groups in total. The summed E-state index contributed by atoms with van der Waals surface area (Å²) in [5.41, 5.74) is 6.95. The Kier molecular flexibility index (Phi) is 13.6. The molecule has 2 fully saturated rings. The summed E-state index contributed by atoms with van der Waals surface area (Å²) in [5.74, 6) is 1.92. The molecule has 1 unspecified atom stereocenters. The fourth-order valence-corrected chi connectivity index (χ4v) is 8.81. The average molecular weight is 919 g/mol. The quantitative estimate of drug-likeness (QED) is 0.0472. The standard InChI is InChI=1S/C47H55N11O9/c1-5-58-38(24-34(55-58)28-10-11-28)51-43-41-30-23-37(63-4)31(40-26(2)56-67-27(40)3)22-35(30)50-42(41)53-44(54-43)46(61)49-14-7-16-64-18-20-66-21-19-65-17-15-48-33-9-6-8-29-32(33)25-57(47(29)62)36-12-13-39(59)52-45(36)60/h6,8-9,22-24,28,36,48H,5,7,10-21,25H2,1-4H3,(H,49,61)(H,52,59,60)(H2,50,51,53,54)/p+1. The number of amides is 4. The van der Waals surface area contributed by atoms with Crippen LogP contribution in [0.5, 0.6) is 5.75 Å². The van der Waals surface area contributed by atoms with Gasteiger partial charge in [0.15, 0.2) is 0 Å². The van der Waals surface area contributed by atoms with Crippen LogP contribution in [0, 0.1) is 13.8 Å². The van der Waals surface area contributed by atoms with Crippen molar-refractivity contribution in [2.24, 2.45) is 0 Å². The molecule has 9 rings (SSSR count). The van der Waals surface area contributed by atoms with Crippen LogP contribution in [-0.4, -0.2) is 124 Å². The zero-order chi connectivity index (χ0) is 46.6. The molecule has 352 valence electrons. The lowest BCUT2D eigenvalue weighted by Gasteiger charge is -2.26. The zero-order valence-corrected chi connectivity index (χ0v) is 38.2. The molecule has 0 spiro atoms. The number of nitrogens with one attached hydrogen (secondary N) is 4. The first-order valence-corrected chi connectivity index (χ1v) is 22.9. The first-order valence-electron chi connectivity index (χ1n) is 22.9. The molecule has 4 aromatic heterocycles. The number of carbonyl (C=O) groups excluding carboxylic acids is 4. The van der Waals surface area contributed by atoms with Gasteiger partial charge in [-0.2, -0.15) is 5.10 Å². The minimum absolute atomic E-state index is 0.0104. The Morgan fingerprint density at radius 3 is 2.48 bits per heavy atom. The van der Waals surface area contributed by atoms with E-state index in [1.54, 1.807) is 18.1 Å². The van der Waals surface area contributed by atoms with E-state index in [4.69, 9.17) is 38.5 Å². The first-order chi connectivity index (χ1) is 32.6. The lowest BCUT2D eigenvalue weighted by molar-refractivity contribution is -0.495. The number of benzene rings is 2. The van der Waals surface area contributed by atoms with Gasteiger partial charge in [0, 0.05) is 78.1 Å². The predicted molar refractivity (Wildman–Crippen MR) is 245 cm³/mol. The van der Waals surface area contributed by atoms with Gasteiger partial charge in [0.05, 0.1) is 68.9 Å². The number of nitrogens with two attached hydrogens (primary N) is 1. The Morgan fingerprint density at radius 2 is 1.75 bits per heavy atom. The molecule has 6 aromatic rings. The van der Waals surface area contributed by atoms with Gasteiger partial charge in [-0.05, 0) is 70.7 Å². The number of aromatic nitrogens is 6. The Labute approximate surface area is 385 Å². The third-order valence-electron chi connectivity index (χ3n) is 12.3. The van der Waals surface area contributed by atoms with Crippen molar-refractivity contribution >= 4 is 62.9 Å². The minimum atomic E-state index is -0.605. The molecule has 20 heteroatoms. The number of methoxy groups -OCH3 is 1. The Hall–Kier alpha value is -6.74. The summed E-state index contributed by atoms with van der Waals surface area (Å²) >= 11 is 0. The molecule has 2 aliphatic heterocycles. The van der Waals surface area contributed by atoms with Crippen molar-refractivity contribution in [1.29, 1.82) is 0 Å². The van der Waals surface area contributed by atoms with Gasteiger partial charge in [0.25, 0.3) is 11.8 Å². The molecule has 4 amide bonds. The normalized spacial score (nSPS) is 16.1. The smallest absolute Gasteiger partial charge is 0.340 e. The van der Waals surface area contributed by atoms with Crippen LogP contribution in [0.15, 0.2) is 40.9 Å². The van der Waals surface area contributed by atoms with Crippen LogP contribution in [0.4, 0.5) is 17.3 Å². The van der Waals surface area contributed by atoms with Gasteiger partial charge in [-0.3, -0.25) is 9.59 Å². The van der Waals surface area contributed by atoms with Crippen molar-refractivity contribution in [1.82, 2.24) is 40.1 Å². The van der Waals surface area contributed by atoms with E-state index in [0.717, 1.165) is 68.6 Å². The van der Waals surface area contributed by atoms with Crippen LogP contribution in [0.3, 0.4) is 0 Å². The van der Waals surface area contributed by atoms with E-state index < -0.39 is 11.9 Å². The van der Waals surface area contributed by atoms with Gasteiger partial charge < -0.3 is 49.3 Å². The van der Waals surface area contributed by atoms with Crippen LogP contribution in [0.2, 0.25) is 0 Å². The third-order valence-corrected chi connectivity index (χ3v) is 12.3. The number of fused-ring (bicyclic) bond motifs is 4. The van der Waals surface area contributed by atoms with Crippen molar-refractivity contribution in [3.63, 3.8) is 0 Å². The summed E-state index contributed by atoms with van der Waals surface area (Å²) in [6.45, 7) is 10.1. The van der Waals surface area contributed by atoms with Crippen molar-refractivity contribution in [3.05, 3.63) is 70.5 Å². The lowest BCUT2D eigenvalue weighted by Crippen LogP contribution is -2.96. The number of carbonyl (C=O) groups is 4. The summed E-state index contributed by atoms with van der Waals surface area (Å²) in [5, 5.41) is 21.4. The van der Waals surface area contributed by atoms with Crippen LogP contribution in [0.1, 0.15) is 88.6 Å². The maximum atomic E-state index is 13.6.